The van der Waals surface area contributed by atoms with E-state index in [1.165, 1.54) is 0 Å². The third-order valence-corrected chi connectivity index (χ3v) is 4.41. The molecule has 0 spiro atoms. The van der Waals surface area contributed by atoms with E-state index in [-0.39, 0.29) is 12.1 Å². The highest BCUT2D eigenvalue weighted by Gasteiger charge is 2.21. The van der Waals surface area contributed by atoms with Crippen LogP contribution >= 0.6 is 0 Å². The molecule has 0 aliphatic carbocycles. The summed E-state index contributed by atoms with van der Waals surface area (Å²) in [4.78, 5) is 18.4. The van der Waals surface area contributed by atoms with Gasteiger partial charge in [-0.2, -0.15) is 5.10 Å². The monoisotopic (exact) mass is 328 g/mol. The predicted molar refractivity (Wildman–Crippen MR) is 92.5 cm³/mol. The van der Waals surface area contributed by atoms with Crippen molar-refractivity contribution in [2.45, 2.75) is 32.4 Å². The highest BCUT2D eigenvalue weighted by atomic mass is 16.2. The summed E-state index contributed by atoms with van der Waals surface area (Å²) < 4.78 is 0. The Labute approximate surface area is 141 Å². The second-order valence-corrected chi connectivity index (χ2v) is 6.19. The van der Waals surface area contributed by atoms with Crippen LogP contribution in [0.15, 0.2) is 24.5 Å². The molecule has 1 aliphatic rings. The molecule has 7 heteroatoms. The number of H-pyrrole nitrogens is 1. The van der Waals surface area contributed by atoms with Crippen molar-refractivity contribution in [2.75, 3.05) is 20.1 Å². The Morgan fingerprint density at radius 1 is 1.42 bits per heavy atom. The Morgan fingerprint density at radius 3 is 2.88 bits per heavy atom. The maximum atomic E-state index is 12.2. The SMILES string of the molecule is CCc1[nH]nc(-c2ccncc2)c1CNC(=O)NC1CCN(C)C1. The first-order valence-electron chi connectivity index (χ1n) is 8.36. The van der Waals surface area contributed by atoms with E-state index >= 15 is 0 Å². The fourth-order valence-electron chi connectivity index (χ4n) is 3.09. The summed E-state index contributed by atoms with van der Waals surface area (Å²) in [5.41, 5.74) is 3.94. The van der Waals surface area contributed by atoms with Gasteiger partial charge in [0.1, 0.15) is 0 Å². The molecule has 1 aliphatic heterocycles. The molecule has 0 bridgehead atoms. The van der Waals surface area contributed by atoms with Crippen LogP contribution in [0.3, 0.4) is 0 Å². The number of urea groups is 1. The highest BCUT2D eigenvalue weighted by Crippen LogP contribution is 2.23. The lowest BCUT2D eigenvalue weighted by Crippen LogP contribution is -2.42. The summed E-state index contributed by atoms with van der Waals surface area (Å²) in [6.45, 7) is 4.45. The Bertz CT molecular complexity index is 684. The Hall–Kier alpha value is -2.41. The molecular formula is C17H24N6O. The summed E-state index contributed by atoms with van der Waals surface area (Å²) in [5, 5.41) is 13.5. The molecule has 3 heterocycles. The average molecular weight is 328 g/mol. The third-order valence-electron chi connectivity index (χ3n) is 4.41. The van der Waals surface area contributed by atoms with Crippen LogP contribution in [-0.2, 0) is 13.0 Å². The number of hydrogen-bond acceptors (Lipinski definition) is 4. The second-order valence-electron chi connectivity index (χ2n) is 6.19. The van der Waals surface area contributed by atoms with Crippen molar-refractivity contribution in [3.63, 3.8) is 0 Å². The van der Waals surface area contributed by atoms with Crippen molar-refractivity contribution in [1.29, 1.82) is 0 Å². The topological polar surface area (TPSA) is 85.9 Å². The molecule has 0 radical (unpaired) electrons. The third kappa shape index (κ3) is 3.73. The first-order chi connectivity index (χ1) is 11.7. The number of aromatic nitrogens is 3. The molecule has 3 rings (SSSR count). The fourth-order valence-corrected chi connectivity index (χ4v) is 3.09. The fraction of sp³-hybridized carbons (Fsp3) is 0.471. The van der Waals surface area contributed by atoms with Crippen LogP contribution in [-0.4, -0.2) is 52.3 Å². The largest absolute Gasteiger partial charge is 0.334 e. The second kappa shape index (κ2) is 7.44. The van der Waals surface area contributed by atoms with Crippen molar-refractivity contribution in [1.82, 2.24) is 30.7 Å². The number of aromatic amines is 1. The minimum Gasteiger partial charge on any atom is -0.334 e. The quantitative estimate of drug-likeness (QED) is 0.777. The van der Waals surface area contributed by atoms with Crippen LogP contribution in [0.1, 0.15) is 24.6 Å². The van der Waals surface area contributed by atoms with Crippen LogP contribution in [0.2, 0.25) is 0 Å². The maximum Gasteiger partial charge on any atom is 0.315 e. The summed E-state index contributed by atoms with van der Waals surface area (Å²) in [7, 11) is 2.07. The van der Waals surface area contributed by atoms with Crippen molar-refractivity contribution >= 4 is 6.03 Å². The van der Waals surface area contributed by atoms with E-state index in [2.05, 4.69) is 44.7 Å². The van der Waals surface area contributed by atoms with E-state index in [1.54, 1.807) is 12.4 Å². The number of amides is 2. The van der Waals surface area contributed by atoms with Crippen molar-refractivity contribution in [3.8, 4) is 11.3 Å². The number of nitrogens with zero attached hydrogens (tertiary/aromatic N) is 3. The lowest BCUT2D eigenvalue weighted by Gasteiger charge is -2.14. The molecule has 1 saturated heterocycles. The number of likely N-dealkylation sites (tertiary alicyclic amines) is 1. The van der Waals surface area contributed by atoms with Gasteiger partial charge in [-0.3, -0.25) is 10.1 Å². The molecule has 1 atom stereocenters. The standard InChI is InChI=1S/C17H24N6O/c1-3-15-14(16(22-21-15)12-4-7-18-8-5-12)10-19-17(24)20-13-6-9-23(2)11-13/h4-5,7-8,13H,3,6,9-11H2,1-2H3,(H,21,22)(H2,19,20,24). The molecule has 2 aromatic heterocycles. The van der Waals surface area contributed by atoms with E-state index in [9.17, 15) is 4.79 Å². The molecule has 1 unspecified atom stereocenters. The van der Waals surface area contributed by atoms with E-state index in [0.717, 1.165) is 48.4 Å². The van der Waals surface area contributed by atoms with Gasteiger partial charge in [0.2, 0.25) is 0 Å². The van der Waals surface area contributed by atoms with Gasteiger partial charge in [0.15, 0.2) is 0 Å². The van der Waals surface area contributed by atoms with Crippen LogP contribution in [0, 0.1) is 0 Å². The van der Waals surface area contributed by atoms with Crippen LogP contribution in [0.25, 0.3) is 11.3 Å². The van der Waals surface area contributed by atoms with E-state index < -0.39 is 0 Å². The first-order valence-corrected chi connectivity index (χ1v) is 8.36. The molecule has 7 nitrogen and oxygen atoms in total. The van der Waals surface area contributed by atoms with E-state index in [0.29, 0.717) is 6.54 Å². The van der Waals surface area contributed by atoms with E-state index in [4.69, 9.17) is 0 Å². The number of rotatable bonds is 5. The van der Waals surface area contributed by atoms with Gasteiger partial charge in [0.25, 0.3) is 0 Å². The number of pyridine rings is 1. The van der Waals surface area contributed by atoms with Gasteiger partial charge in [0, 0.05) is 48.3 Å². The zero-order valence-electron chi connectivity index (χ0n) is 14.2. The lowest BCUT2D eigenvalue weighted by molar-refractivity contribution is 0.236. The number of carbonyl (C=O) groups is 1. The van der Waals surface area contributed by atoms with Crippen LogP contribution < -0.4 is 10.6 Å². The van der Waals surface area contributed by atoms with E-state index in [1.807, 2.05) is 12.1 Å². The summed E-state index contributed by atoms with van der Waals surface area (Å²) >= 11 is 0. The number of carbonyl (C=O) groups excluding carboxylic acids is 1. The molecule has 24 heavy (non-hydrogen) atoms. The maximum absolute atomic E-state index is 12.2. The van der Waals surface area contributed by atoms with Gasteiger partial charge in [0.05, 0.1) is 5.69 Å². The molecule has 2 aromatic rings. The molecule has 0 saturated carbocycles. The Balaban J connectivity index is 1.66. The van der Waals surface area contributed by atoms with Gasteiger partial charge >= 0.3 is 6.03 Å². The van der Waals surface area contributed by atoms with Gasteiger partial charge in [-0.1, -0.05) is 6.92 Å². The normalized spacial score (nSPS) is 17.8. The van der Waals surface area contributed by atoms with Crippen molar-refractivity contribution in [3.05, 3.63) is 35.8 Å². The highest BCUT2D eigenvalue weighted by molar-refractivity contribution is 5.75. The Kier molecular flexibility index (Phi) is 5.10. The van der Waals surface area contributed by atoms with Crippen molar-refractivity contribution in [2.24, 2.45) is 0 Å². The molecule has 128 valence electrons. The summed E-state index contributed by atoms with van der Waals surface area (Å²) in [5.74, 6) is 0. The first kappa shape index (κ1) is 16.4. The number of aryl methyl sites for hydroxylation is 1. The minimum atomic E-state index is -0.126. The van der Waals surface area contributed by atoms with Gasteiger partial charge in [-0.15, -0.1) is 0 Å². The average Bonchev–Trinajstić information content (AvgIpc) is 3.19. The molecule has 2 amide bonds. The minimum absolute atomic E-state index is 0.126. The summed E-state index contributed by atoms with van der Waals surface area (Å²) in [6.07, 6.45) is 5.33. The zero-order chi connectivity index (χ0) is 16.9. The number of likely N-dealkylation sites (N-methyl/N-ethyl adjacent to an activating group) is 1. The smallest absolute Gasteiger partial charge is 0.315 e. The van der Waals surface area contributed by atoms with Gasteiger partial charge < -0.3 is 15.5 Å². The van der Waals surface area contributed by atoms with Crippen LogP contribution in [0.4, 0.5) is 4.79 Å². The van der Waals surface area contributed by atoms with Crippen LogP contribution in [0.5, 0.6) is 0 Å². The molecular weight excluding hydrogens is 304 g/mol. The number of nitrogens with one attached hydrogen (secondary N) is 3. The lowest BCUT2D eigenvalue weighted by atomic mass is 10.1. The van der Waals surface area contributed by atoms with Crippen molar-refractivity contribution < 1.29 is 4.79 Å². The summed E-state index contributed by atoms with van der Waals surface area (Å²) in [6, 6.07) is 3.95. The zero-order valence-corrected chi connectivity index (χ0v) is 14.2. The molecule has 0 aromatic carbocycles. The predicted octanol–water partition coefficient (Wildman–Crippen LogP) is 1.54. The number of hydrogen-bond donors (Lipinski definition) is 3. The Morgan fingerprint density at radius 2 is 2.21 bits per heavy atom. The molecule has 1 fully saturated rings. The van der Waals surface area contributed by atoms with Gasteiger partial charge in [-0.05, 0) is 38.6 Å². The van der Waals surface area contributed by atoms with Gasteiger partial charge in [-0.25, -0.2) is 4.79 Å². The molecule has 3 N–H and O–H groups in total.